The molecule has 0 aliphatic rings. The highest BCUT2D eigenvalue weighted by Crippen LogP contribution is 2.27. The first-order valence-corrected chi connectivity index (χ1v) is 11.7. The highest BCUT2D eigenvalue weighted by molar-refractivity contribution is 7.85. The fraction of sp³-hybridized carbons (Fsp3) is 0.348. The number of oxazole rings is 1. The number of aryl methyl sites for hydroxylation is 1. The van der Waals surface area contributed by atoms with Gasteiger partial charge >= 0.3 is 0 Å². The number of nitrogens with two attached hydrogens (primary N) is 1. The molecule has 1 atom stereocenters. The van der Waals surface area contributed by atoms with Gasteiger partial charge in [0.1, 0.15) is 17.9 Å². The van der Waals surface area contributed by atoms with E-state index in [0.717, 1.165) is 29.8 Å². The number of rotatable bonds is 8. The topological polar surface area (TPSA) is 116 Å². The van der Waals surface area contributed by atoms with Gasteiger partial charge < -0.3 is 14.9 Å². The second-order valence-electron chi connectivity index (χ2n) is 7.42. The highest BCUT2D eigenvalue weighted by Gasteiger charge is 2.13. The SMILES string of the molecule is CCCC(C)c1nc2ccc(OC/C(=C/F)CN)cc2o1.Cc1ccc(S(=O)(=O)O)cc1. The fourth-order valence-corrected chi connectivity index (χ4v) is 3.28. The molecule has 1 unspecified atom stereocenters. The zero-order valence-electron chi connectivity index (χ0n) is 18.4. The van der Waals surface area contributed by atoms with E-state index in [9.17, 15) is 12.8 Å². The van der Waals surface area contributed by atoms with Crippen molar-refractivity contribution in [2.75, 3.05) is 13.2 Å². The third kappa shape index (κ3) is 7.44. The quantitative estimate of drug-likeness (QED) is 0.442. The van der Waals surface area contributed by atoms with Crippen LogP contribution in [-0.4, -0.2) is 31.1 Å². The number of aromatic nitrogens is 1. The smallest absolute Gasteiger partial charge is 0.294 e. The lowest BCUT2D eigenvalue weighted by atomic mass is 10.1. The third-order valence-electron chi connectivity index (χ3n) is 4.68. The normalized spacial score (nSPS) is 12.9. The van der Waals surface area contributed by atoms with Gasteiger partial charge in [0.25, 0.3) is 10.1 Å². The molecule has 0 amide bonds. The molecule has 0 spiro atoms. The Morgan fingerprint density at radius 2 is 1.97 bits per heavy atom. The molecule has 0 saturated carbocycles. The lowest BCUT2D eigenvalue weighted by Gasteiger charge is -2.06. The maximum absolute atomic E-state index is 12.4. The molecule has 32 heavy (non-hydrogen) atoms. The summed E-state index contributed by atoms with van der Waals surface area (Å²) in [7, 11) is -4.02. The molecule has 7 nitrogen and oxygen atoms in total. The van der Waals surface area contributed by atoms with E-state index in [1.165, 1.54) is 12.1 Å². The van der Waals surface area contributed by atoms with Crippen LogP contribution in [0.4, 0.5) is 4.39 Å². The molecule has 3 N–H and O–H groups in total. The maximum atomic E-state index is 12.4. The van der Waals surface area contributed by atoms with Crippen LogP contribution in [0.2, 0.25) is 0 Å². The highest BCUT2D eigenvalue weighted by atomic mass is 32.2. The Kier molecular flexibility index (Phi) is 9.37. The molecule has 1 heterocycles. The van der Waals surface area contributed by atoms with Crippen LogP contribution >= 0.6 is 0 Å². The molecule has 0 radical (unpaired) electrons. The molecule has 9 heteroatoms. The van der Waals surface area contributed by atoms with Crippen molar-refractivity contribution in [3.8, 4) is 5.75 Å². The second kappa shape index (κ2) is 11.8. The van der Waals surface area contributed by atoms with E-state index in [1.807, 2.05) is 13.0 Å². The summed E-state index contributed by atoms with van der Waals surface area (Å²) in [5, 5.41) is 0. The van der Waals surface area contributed by atoms with Gasteiger partial charge in [-0.15, -0.1) is 0 Å². The molecule has 174 valence electrons. The van der Waals surface area contributed by atoms with Gasteiger partial charge in [0.05, 0.1) is 11.2 Å². The van der Waals surface area contributed by atoms with E-state index in [1.54, 1.807) is 24.3 Å². The fourth-order valence-electron chi connectivity index (χ4n) is 2.80. The first-order chi connectivity index (χ1) is 15.2. The van der Waals surface area contributed by atoms with Crippen molar-refractivity contribution in [3.63, 3.8) is 0 Å². The molecular weight excluding hydrogens is 435 g/mol. The minimum absolute atomic E-state index is 0.0666. The molecule has 0 fully saturated rings. The van der Waals surface area contributed by atoms with Crippen molar-refractivity contribution in [3.05, 3.63) is 65.8 Å². The maximum Gasteiger partial charge on any atom is 0.294 e. The van der Waals surface area contributed by atoms with Crippen molar-refractivity contribution >= 4 is 21.2 Å². The zero-order chi connectivity index (χ0) is 23.7. The number of halogens is 1. The van der Waals surface area contributed by atoms with Gasteiger partial charge in [-0.3, -0.25) is 4.55 Å². The van der Waals surface area contributed by atoms with Crippen LogP contribution in [0.1, 0.15) is 44.1 Å². The van der Waals surface area contributed by atoms with Gasteiger partial charge in [0.15, 0.2) is 11.5 Å². The lowest BCUT2D eigenvalue weighted by molar-refractivity contribution is 0.347. The van der Waals surface area contributed by atoms with Gasteiger partial charge in [0.2, 0.25) is 0 Å². The Balaban J connectivity index is 0.000000278. The average Bonchev–Trinajstić information content (AvgIpc) is 3.18. The summed E-state index contributed by atoms with van der Waals surface area (Å²) in [4.78, 5) is 4.42. The monoisotopic (exact) mass is 464 g/mol. The number of hydrogen-bond donors (Lipinski definition) is 2. The van der Waals surface area contributed by atoms with Crippen molar-refractivity contribution in [1.29, 1.82) is 0 Å². The molecular formula is C23H29FN2O5S. The van der Waals surface area contributed by atoms with Crippen LogP contribution in [0.25, 0.3) is 11.1 Å². The van der Waals surface area contributed by atoms with Gasteiger partial charge in [-0.1, -0.05) is 38.0 Å². The minimum atomic E-state index is -4.02. The zero-order valence-corrected chi connectivity index (χ0v) is 19.2. The van der Waals surface area contributed by atoms with Gasteiger partial charge in [0, 0.05) is 24.1 Å². The molecule has 0 aliphatic heterocycles. The number of benzene rings is 2. The van der Waals surface area contributed by atoms with E-state index in [2.05, 4.69) is 18.8 Å². The van der Waals surface area contributed by atoms with E-state index < -0.39 is 10.1 Å². The molecule has 0 saturated heterocycles. The minimum Gasteiger partial charge on any atom is -0.489 e. The standard InChI is InChI=1S/C16H21FN2O2.C7H8O3S/c1-3-4-11(2)16-19-14-6-5-13(7-15(14)21-16)20-10-12(8-17)9-18;1-6-2-4-7(5-3-6)11(8,9)10/h5-8,11H,3-4,9-10,18H2,1-2H3;2-5H,1H3,(H,8,9,10)/b12-8+;. The molecule has 3 rings (SSSR count). The Morgan fingerprint density at radius 3 is 2.53 bits per heavy atom. The van der Waals surface area contributed by atoms with Gasteiger partial charge in [-0.25, -0.2) is 9.37 Å². The summed E-state index contributed by atoms with van der Waals surface area (Å²) < 4.78 is 53.3. The third-order valence-corrected chi connectivity index (χ3v) is 5.55. The Morgan fingerprint density at radius 1 is 1.28 bits per heavy atom. The van der Waals surface area contributed by atoms with Crippen LogP contribution in [0, 0.1) is 6.92 Å². The van der Waals surface area contributed by atoms with Crippen molar-refractivity contribution in [2.24, 2.45) is 5.73 Å². The number of ether oxygens (including phenoxy) is 1. The number of fused-ring (bicyclic) bond motifs is 1. The number of nitrogens with zero attached hydrogens (tertiary/aromatic N) is 1. The van der Waals surface area contributed by atoms with Crippen LogP contribution in [-0.2, 0) is 10.1 Å². The summed E-state index contributed by atoms with van der Waals surface area (Å²) in [6.45, 7) is 6.35. The summed E-state index contributed by atoms with van der Waals surface area (Å²) >= 11 is 0. The Labute approximate surface area is 187 Å². The lowest BCUT2D eigenvalue weighted by Crippen LogP contribution is -2.10. The van der Waals surface area contributed by atoms with Crippen LogP contribution in [0.5, 0.6) is 5.75 Å². The van der Waals surface area contributed by atoms with Crippen LogP contribution < -0.4 is 10.5 Å². The van der Waals surface area contributed by atoms with E-state index in [-0.39, 0.29) is 18.0 Å². The predicted octanol–water partition coefficient (Wildman–Crippen LogP) is 5.16. The molecule has 2 aromatic carbocycles. The summed E-state index contributed by atoms with van der Waals surface area (Å²) in [5.74, 6) is 1.65. The summed E-state index contributed by atoms with van der Waals surface area (Å²) in [6, 6.07) is 11.4. The first kappa shape index (κ1) is 25.5. The van der Waals surface area contributed by atoms with Crippen LogP contribution in [0.3, 0.4) is 0 Å². The second-order valence-corrected chi connectivity index (χ2v) is 8.84. The first-order valence-electron chi connectivity index (χ1n) is 10.2. The molecule has 3 aromatic rings. The van der Waals surface area contributed by atoms with Crippen molar-refractivity contribution in [2.45, 2.75) is 44.4 Å². The Hall–Kier alpha value is -2.75. The molecule has 0 bridgehead atoms. The average molecular weight is 465 g/mol. The number of hydrogen-bond acceptors (Lipinski definition) is 6. The van der Waals surface area contributed by atoms with Crippen LogP contribution in [0.15, 0.2) is 63.7 Å². The van der Waals surface area contributed by atoms with E-state index >= 15 is 0 Å². The van der Waals surface area contributed by atoms with E-state index in [4.69, 9.17) is 19.4 Å². The van der Waals surface area contributed by atoms with Gasteiger partial charge in [-0.05, 0) is 37.6 Å². The van der Waals surface area contributed by atoms with Crippen molar-refractivity contribution < 1.29 is 26.5 Å². The summed E-state index contributed by atoms with van der Waals surface area (Å²) in [6.07, 6.45) is 2.61. The predicted molar refractivity (Wildman–Crippen MR) is 122 cm³/mol. The van der Waals surface area contributed by atoms with E-state index in [0.29, 0.717) is 29.2 Å². The molecule has 0 aliphatic carbocycles. The Bertz CT molecular complexity index is 1140. The summed E-state index contributed by atoms with van der Waals surface area (Å²) in [5.41, 5.74) is 8.24. The largest absolute Gasteiger partial charge is 0.489 e. The molecule has 1 aromatic heterocycles. The van der Waals surface area contributed by atoms with Gasteiger partial charge in [-0.2, -0.15) is 8.42 Å². The van der Waals surface area contributed by atoms with Crippen molar-refractivity contribution in [1.82, 2.24) is 4.98 Å².